The van der Waals surface area contributed by atoms with Crippen LogP contribution in [0.4, 0.5) is 5.69 Å². The van der Waals surface area contributed by atoms with Gasteiger partial charge in [-0.1, -0.05) is 12.1 Å². The van der Waals surface area contributed by atoms with Crippen molar-refractivity contribution in [1.82, 2.24) is 5.32 Å². The third-order valence-electron chi connectivity index (χ3n) is 3.44. The number of esters is 1. The van der Waals surface area contributed by atoms with E-state index in [4.69, 9.17) is 0 Å². The van der Waals surface area contributed by atoms with E-state index in [9.17, 15) is 9.59 Å². The van der Waals surface area contributed by atoms with Crippen LogP contribution in [-0.4, -0.2) is 31.6 Å². The van der Waals surface area contributed by atoms with Crippen molar-refractivity contribution in [3.8, 4) is 0 Å². The fourth-order valence-electron chi connectivity index (χ4n) is 2.24. The number of halogens is 1. The highest BCUT2D eigenvalue weighted by molar-refractivity contribution is 5.95. The van der Waals surface area contributed by atoms with E-state index in [0.717, 1.165) is 30.6 Å². The summed E-state index contributed by atoms with van der Waals surface area (Å²) in [5.74, 6) is -0.195. The molecule has 1 amide bonds. The Kier molecular flexibility index (Phi) is 7.19. The lowest BCUT2D eigenvalue weighted by atomic mass is 10.1. The molecule has 2 rings (SSSR count). The third kappa shape index (κ3) is 5.36. The van der Waals surface area contributed by atoms with Gasteiger partial charge in [0.15, 0.2) is 0 Å². The van der Waals surface area contributed by atoms with Crippen LogP contribution in [0.3, 0.4) is 0 Å². The molecule has 1 unspecified atom stereocenters. The number of benzene rings is 1. The molecule has 2 N–H and O–H groups in total. The van der Waals surface area contributed by atoms with Gasteiger partial charge in [0, 0.05) is 12.1 Å². The summed E-state index contributed by atoms with van der Waals surface area (Å²) in [6, 6.07) is 7.48. The summed E-state index contributed by atoms with van der Waals surface area (Å²) in [6.07, 6.45) is 2.95. The van der Waals surface area contributed by atoms with Crippen molar-refractivity contribution in [3.05, 3.63) is 29.8 Å². The van der Waals surface area contributed by atoms with E-state index >= 15 is 0 Å². The fraction of sp³-hybridized carbons (Fsp3) is 0.467. The molecule has 1 atom stereocenters. The van der Waals surface area contributed by atoms with Crippen LogP contribution in [-0.2, 0) is 20.7 Å². The molecule has 21 heavy (non-hydrogen) atoms. The minimum absolute atomic E-state index is 0. The zero-order valence-electron chi connectivity index (χ0n) is 12.1. The Balaban J connectivity index is 0.00000220. The van der Waals surface area contributed by atoms with Gasteiger partial charge in [-0.3, -0.25) is 9.59 Å². The van der Waals surface area contributed by atoms with E-state index in [1.165, 1.54) is 7.11 Å². The summed E-state index contributed by atoms with van der Waals surface area (Å²) in [6.45, 7) is 0.907. The van der Waals surface area contributed by atoms with Gasteiger partial charge in [-0.25, -0.2) is 0 Å². The Morgan fingerprint density at radius 3 is 2.62 bits per heavy atom. The van der Waals surface area contributed by atoms with E-state index in [1.807, 2.05) is 24.3 Å². The van der Waals surface area contributed by atoms with E-state index in [1.54, 1.807) is 0 Å². The predicted octanol–water partition coefficient (Wildman–Crippen LogP) is 1.90. The van der Waals surface area contributed by atoms with Crippen LogP contribution in [0.1, 0.15) is 24.8 Å². The number of nitrogens with one attached hydrogen (secondary N) is 2. The lowest BCUT2D eigenvalue weighted by Gasteiger charge is -2.11. The monoisotopic (exact) mass is 312 g/mol. The number of rotatable bonds is 5. The quantitative estimate of drug-likeness (QED) is 0.815. The second-order valence-electron chi connectivity index (χ2n) is 4.91. The zero-order chi connectivity index (χ0) is 14.4. The third-order valence-corrected chi connectivity index (χ3v) is 3.44. The highest BCUT2D eigenvalue weighted by atomic mass is 35.5. The Labute approximate surface area is 130 Å². The molecule has 0 bridgehead atoms. The minimum atomic E-state index is -0.213. The molecule has 0 spiro atoms. The van der Waals surface area contributed by atoms with Crippen molar-refractivity contribution in [2.45, 2.75) is 31.7 Å². The molecule has 116 valence electrons. The van der Waals surface area contributed by atoms with E-state index in [0.29, 0.717) is 12.8 Å². The van der Waals surface area contributed by atoms with Gasteiger partial charge in [0.05, 0.1) is 13.2 Å². The first-order valence-corrected chi connectivity index (χ1v) is 6.89. The standard InChI is InChI=1S/C15H20N2O3.ClH/c1-20-14(18)9-6-11-4-7-12(8-5-11)17-15(19)13-3-2-10-16-13;/h4-5,7-8,13,16H,2-3,6,9-10H2,1H3,(H,17,19);1H. The van der Waals surface area contributed by atoms with Crippen LogP contribution in [0.25, 0.3) is 0 Å². The molecule has 0 aliphatic carbocycles. The van der Waals surface area contributed by atoms with Crippen LogP contribution in [0.15, 0.2) is 24.3 Å². The van der Waals surface area contributed by atoms with Crippen molar-refractivity contribution < 1.29 is 14.3 Å². The summed E-state index contributed by atoms with van der Waals surface area (Å²) >= 11 is 0. The van der Waals surface area contributed by atoms with Crippen LogP contribution < -0.4 is 10.6 Å². The normalized spacial score (nSPS) is 16.9. The lowest BCUT2D eigenvalue weighted by molar-refractivity contribution is -0.140. The van der Waals surface area contributed by atoms with Crippen LogP contribution in [0.5, 0.6) is 0 Å². The maximum Gasteiger partial charge on any atom is 0.305 e. The number of anilines is 1. The first-order valence-electron chi connectivity index (χ1n) is 6.89. The molecule has 1 fully saturated rings. The first kappa shape index (κ1) is 17.5. The van der Waals surface area contributed by atoms with Crippen molar-refractivity contribution in [3.63, 3.8) is 0 Å². The van der Waals surface area contributed by atoms with E-state index in [2.05, 4.69) is 15.4 Å². The van der Waals surface area contributed by atoms with Gasteiger partial charge >= 0.3 is 5.97 Å². The highest BCUT2D eigenvalue weighted by Crippen LogP contribution is 2.13. The molecule has 1 aromatic carbocycles. The molecule has 1 heterocycles. The fourth-order valence-corrected chi connectivity index (χ4v) is 2.24. The van der Waals surface area contributed by atoms with Gasteiger partial charge in [0.2, 0.25) is 5.91 Å². The maximum absolute atomic E-state index is 11.9. The number of amides is 1. The van der Waals surface area contributed by atoms with Crippen LogP contribution in [0.2, 0.25) is 0 Å². The number of aryl methyl sites for hydroxylation is 1. The van der Waals surface area contributed by atoms with Gasteiger partial charge in [-0.2, -0.15) is 0 Å². The molecular weight excluding hydrogens is 292 g/mol. The van der Waals surface area contributed by atoms with Crippen LogP contribution in [0, 0.1) is 0 Å². The molecule has 0 aromatic heterocycles. The molecule has 0 radical (unpaired) electrons. The van der Waals surface area contributed by atoms with Crippen molar-refractivity contribution in [2.75, 3.05) is 19.0 Å². The smallest absolute Gasteiger partial charge is 0.305 e. The molecule has 1 saturated heterocycles. The first-order chi connectivity index (χ1) is 9.69. The SMILES string of the molecule is COC(=O)CCc1ccc(NC(=O)C2CCCN2)cc1.Cl. The van der Waals surface area contributed by atoms with Crippen molar-refractivity contribution in [2.24, 2.45) is 0 Å². The van der Waals surface area contributed by atoms with E-state index < -0.39 is 0 Å². The number of carbonyl (C=O) groups excluding carboxylic acids is 2. The molecule has 5 nitrogen and oxygen atoms in total. The predicted molar refractivity (Wildman–Crippen MR) is 83.7 cm³/mol. The average Bonchev–Trinajstić information content (AvgIpc) is 3.00. The number of hydrogen-bond acceptors (Lipinski definition) is 4. The van der Waals surface area contributed by atoms with Gasteiger partial charge < -0.3 is 15.4 Å². The average molecular weight is 313 g/mol. The number of carbonyl (C=O) groups is 2. The molecule has 6 heteroatoms. The summed E-state index contributed by atoms with van der Waals surface area (Å²) in [5.41, 5.74) is 1.83. The highest BCUT2D eigenvalue weighted by Gasteiger charge is 2.21. The number of ether oxygens (including phenoxy) is 1. The summed E-state index contributed by atoms with van der Waals surface area (Å²) < 4.78 is 4.60. The minimum Gasteiger partial charge on any atom is -0.469 e. The maximum atomic E-state index is 11.9. The largest absolute Gasteiger partial charge is 0.469 e. The van der Waals surface area contributed by atoms with Gasteiger partial charge in [0.25, 0.3) is 0 Å². The summed E-state index contributed by atoms with van der Waals surface area (Å²) in [5, 5.41) is 6.06. The molecular formula is C15H21ClN2O3. The number of methoxy groups -OCH3 is 1. The van der Waals surface area contributed by atoms with E-state index in [-0.39, 0.29) is 30.3 Å². The number of hydrogen-bond donors (Lipinski definition) is 2. The summed E-state index contributed by atoms with van der Waals surface area (Å²) in [4.78, 5) is 23.0. The molecule has 1 aliphatic rings. The molecule has 1 aliphatic heterocycles. The topological polar surface area (TPSA) is 67.4 Å². The molecule has 0 saturated carbocycles. The van der Waals surface area contributed by atoms with Crippen molar-refractivity contribution >= 4 is 30.0 Å². The Bertz CT molecular complexity index is 470. The molecule has 1 aromatic rings. The Hall–Kier alpha value is -1.59. The van der Waals surface area contributed by atoms with Crippen LogP contribution >= 0.6 is 12.4 Å². The van der Waals surface area contributed by atoms with Gasteiger partial charge in [-0.15, -0.1) is 12.4 Å². The Morgan fingerprint density at radius 1 is 1.33 bits per heavy atom. The van der Waals surface area contributed by atoms with Crippen molar-refractivity contribution in [1.29, 1.82) is 0 Å². The lowest BCUT2D eigenvalue weighted by Crippen LogP contribution is -2.35. The summed E-state index contributed by atoms with van der Waals surface area (Å²) in [7, 11) is 1.39. The Morgan fingerprint density at radius 2 is 2.05 bits per heavy atom. The van der Waals surface area contributed by atoms with Gasteiger partial charge in [-0.05, 0) is 43.5 Å². The van der Waals surface area contributed by atoms with Gasteiger partial charge in [0.1, 0.15) is 0 Å². The zero-order valence-corrected chi connectivity index (χ0v) is 12.9. The second kappa shape index (κ2) is 8.64. The second-order valence-corrected chi connectivity index (χ2v) is 4.91.